The number of hydrogen-bond acceptors (Lipinski definition) is 1. The van der Waals surface area contributed by atoms with Gasteiger partial charge in [-0.3, -0.25) is 4.79 Å². The van der Waals surface area contributed by atoms with Crippen LogP contribution >= 0.6 is 27.5 Å². The highest BCUT2D eigenvalue weighted by atomic mass is 79.9. The number of rotatable bonds is 3. The first kappa shape index (κ1) is 12.5. The molecule has 0 aliphatic rings. The van der Waals surface area contributed by atoms with Crippen molar-refractivity contribution in [3.63, 3.8) is 0 Å². The summed E-state index contributed by atoms with van der Waals surface area (Å²) in [5, 5.41) is 3.39. The number of nitrogens with one attached hydrogen (secondary N) is 1. The highest BCUT2D eigenvalue weighted by molar-refractivity contribution is 9.10. The van der Waals surface area contributed by atoms with Gasteiger partial charge in [0, 0.05) is 16.6 Å². The fourth-order valence-corrected chi connectivity index (χ4v) is 1.58. The summed E-state index contributed by atoms with van der Waals surface area (Å²) >= 11 is 9.20. The first-order chi connectivity index (χ1) is 6.99. The van der Waals surface area contributed by atoms with Gasteiger partial charge in [0.1, 0.15) is 0 Å². The molecule has 1 N–H and O–H groups in total. The van der Waals surface area contributed by atoms with Gasteiger partial charge in [-0.25, -0.2) is 0 Å². The van der Waals surface area contributed by atoms with Crippen LogP contribution in [-0.2, 0) is 4.79 Å². The van der Waals surface area contributed by atoms with Gasteiger partial charge >= 0.3 is 0 Å². The van der Waals surface area contributed by atoms with Crippen LogP contribution in [0.4, 0.5) is 5.69 Å². The lowest BCUT2D eigenvalue weighted by Gasteiger charge is -2.07. The molecule has 1 amide bonds. The number of benzene rings is 1. The fourth-order valence-electron chi connectivity index (χ4n) is 1.16. The smallest absolute Gasteiger partial charge is 0.224 e. The lowest BCUT2D eigenvalue weighted by Crippen LogP contribution is -2.13. The molecule has 0 fully saturated rings. The molecule has 0 saturated heterocycles. The second-order valence-electron chi connectivity index (χ2n) is 3.78. The third kappa shape index (κ3) is 4.22. The van der Waals surface area contributed by atoms with E-state index in [1.807, 2.05) is 26.0 Å². The highest BCUT2D eigenvalue weighted by Crippen LogP contribution is 2.25. The van der Waals surface area contributed by atoms with Crippen molar-refractivity contribution in [1.29, 1.82) is 0 Å². The second-order valence-corrected chi connectivity index (χ2v) is 5.04. The summed E-state index contributed by atoms with van der Waals surface area (Å²) in [4.78, 5) is 11.5. The maximum Gasteiger partial charge on any atom is 0.224 e. The Bertz CT molecular complexity index is 366. The van der Waals surface area contributed by atoms with Gasteiger partial charge in [0.25, 0.3) is 0 Å². The standard InChI is InChI=1S/C11H13BrClNO/c1-7(2)5-11(15)14-8-3-4-9(12)10(13)6-8/h3-4,6-7H,5H2,1-2H3,(H,14,15). The van der Waals surface area contributed by atoms with E-state index in [4.69, 9.17) is 11.6 Å². The van der Waals surface area contributed by atoms with Crippen molar-refractivity contribution in [2.45, 2.75) is 20.3 Å². The Morgan fingerprint density at radius 3 is 2.73 bits per heavy atom. The lowest BCUT2D eigenvalue weighted by molar-refractivity contribution is -0.116. The van der Waals surface area contributed by atoms with Crippen LogP contribution in [0.1, 0.15) is 20.3 Å². The van der Waals surface area contributed by atoms with Crippen molar-refractivity contribution < 1.29 is 4.79 Å². The van der Waals surface area contributed by atoms with E-state index >= 15 is 0 Å². The summed E-state index contributed by atoms with van der Waals surface area (Å²) in [5.74, 6) is 0.374. The number of amides is 1. The second kappa shape index (κ2) is 5.52. The van der Waals surface area contributed by atoms with Crippen molar-refractivity contribution in [2.75, 3.05) is 5.32 Å². The molecule has 0 aliphatic carbocycles. The monoisotopic (exact) mass is 289 g/mol. The third-order valence-corrected chi connectivity index (χ3v) is 3.03. The average molecular weight is 291 g/mol. The van der Waals surface area contributed by atoms with Gasteiger partial charge in [0.05, 0.1) is 5.02 Å². The molecule has 1 aromatic rings. The van der Waals surface area contributed by atoms with Crippen molar-refractivity contribution >= 4 is 39.1 Å². The molecule has 0 spiro atoms. The maximum atomic E-state index is 11.5. The summed E-state index contributed by atoms with van der Waals surface area (Å²) in [7, 11) is 0. The summed E-state index contributed by atoms with van der Waals surface area (Å²) in [6, 6.07) is 5.35. The van der Waals surface area contributed by atoms with Crippen LogP contribution in [0.15, 0.2) is 22.7 Å². The van der Waals surface area contributed by atoms with Crippen LogP contribution in [-0.4, -0.2) is 5.91 Å². The van der Waals surface area contributed by atoms with Crippen LogP contribution < -0.4 is 5.32 Å². The topological polar surface area (TPSA) is 29.1 Å². The quantitative estimate of drug-likeness (QED) is 0.892. The van der Waals surface area contributed by atoms with Gasteiger partial charge in [-0.05, 0) is 40.0 Å². The molecule has 0 radical (unpaired) electrons. The molecule has 1 aromatic carbocycles. The van der Waals surface area contributed by atoms with E-state index in [9.17, 15) is 4.79 Å². The molecule has 15 heavy (non-hydrogen) atoms. The molecule has 2 nitrogen and oxygen atoms in total. The molecule has 0 heterocycles. The normalized spacial score (nSPS) is 10.5. The number of carbonyl (C=O) groups is 1. The minimum atomic E-state index is 0.0170. The number of hydrogen-bond donors (Lipinski definition) is 1. The van der Waals surface area contributed by atoms with Crippen LogP contribution in [0.5, 0.6) is 0 Å². The van der Waals surface area contributed by atoms with Crippen molar-refractivity contribution in [3.05, 3.63) is 27.7 Å². The zero-order chi connectivity index (χ0) is 11.4. The van der Waals surface area contributed by atoms with Crippen molar-refractivity contribution in [2.24, 2.45) is 5.92 Å². The third-order valence-electron chi connectivity index (χ3n) is 1.80. The molecular formula is C11H13BrClNO. The highest BCUT2D eigenvalue weighted by Gasteiger charge is 2.06. The minimum absolute atomic E-state index is 0.0170. The Labute approximate surface area is 103 Å². The lowest BCUT2D eigenvalue weighted by atomic mass is 10.1. The van der Waals surface area contributed by atoms with E-state index in [-0.39, 0.29) is 5.91 Å². The van der Waals surface area contributed by atoms with E-state index in [1.54, 1.807) is 6.07 Å². The van der Waals surface area contributed by atoms with Crippen molar-refractivity contribution in [3.8, 4) is 0 Å². The summed E-state index contributed by atoms with van der Waals surface area (Å²) in [5.41, 5.74) is 0.730. The van der Waals surface area contributed by atoms with Crippen LogP contribution in [0.3, 0.4) is 0 Å². The molecule has 0 aromatic heterocycles. The zero-order valence-electron chi connectivity index (χ0n) is 8.68. The van der Waals surface area contributed by atoms with Crippen LogP contribution in [0.25, 0.3) is 0 Å². The Hall–Kier alpha value is -0.540. The number of halogens is 2. The Kier molecular flexibility index (Phi) is 4.61. The molecule has 0 unspecified atom stereocenters. The first-order valence-corrected chi connectivity index (χ1v) is 5.91. The molecule has 0 atom stereocenters. The molecule has 4 heteroatoms. The number of anilines is 1. The van der Waals surface area contributed by atoms with E-state index in [1.165, 1.54) is 0 Å². The molecule has 0 aliphatic heterocycles. The summed E-state index contributed by atoms with van der Waals surface area (Å²) in [6.07, 6.45) is 0.522. The molecule has 0 saturated carbocycles. The van der Waals surface area contributed by atoms with E-state index < -0.39 is 0 Å². The average Bonchev–Trinajstić information content (AvgIpc) is 2.10. The SMILES string of the molecule is CC(C)CC(=O)Nc1ccc(Br)c(Cl)c1. The molecule has 82 valence electrons. The largest absolute Gasteiger partial charge is 0.326 e. The summed E-state index contributed by atoms with van der Waals surface area (Å²) in [6.45, 7) is 4.02. The van der Waals surface area contributed by atoms with Gasteiger partial charge in [-0.2, -0.15) is 0 Å². The zero-order valence-corrected chi connectivity index (χ0v) is 11.0. The van der Waals surface area contributed by atoms with Crippen LogP contribution in [0.2, 0.25) is 5.02 Å². The predicted octanol–water partition coefficient (Wildman–Crippen LogP) is 4.09. The van der Waals surface area contributed by atoms with Gasteiger partial charge in [0.15, 0.2) is 0 Å². The van der Waals surface area contributed by atoms with E-state index in [0.717, 1.165) is 10.2 Å². The van der Waals surface area contributed by atoms with E-state index in [0.29, 0.717) is 17.4 Å². The van der Waals surface area contributed by atoms with Gasteiger partial charge in [-0.15, -0.1) is 0 Å². The summed E-state index contributed by atoms with van der Waals surface area (Å²) < 4.78 is 0.825. The molecular weight excluding hydrogens is 277 g/mol. The van der Waals surface area contributed by atoms with Gasteiger partial charge < -0.3 is 5.32 Å². The number of carbonyl (C=O) groups excluding carboxylic acids is 1. The Morgan fingerprint density at radius 2 is 2.20 bits per heavy atom. The van der Waals surface area contributed by atoms with Gasteiger partial charge in [-0.1, -0.05) is 25.4 Å². The van der Waals surface area contributed by atoms with Crippen molar-refractivity contribution in [1.82, 2.24) is 0 Å². The minimum Gasteiger partial charge on any atom is -0.326 e. The maximum absolute atomic E-state index is 11.5. The van der Waals surface area contributed by atoms with Crippen LogP contribution in [0, 0.1) is 5.92 Å². The van der Waals surface area contributed by atoms with E-state index in [2.05, 4.69) is 21.2 Å². The first-order valence-electron chi connectivity index (χ1n) is 4.74. The van der Waals surface area contributed by atoms with Gasteiger partial charge in [0.2, 0.25) is 5.91 Å². The fraction of sp³-hybridized carbons (Fsp3) is 0.364. The Balaban J connectivity index is 2.65. The Morgan fingerprint density at radius 1 is 1.53 bits per heavy atom. The molecule has 0 bridgehead atoms. The molecule has 1 rings (SSSR count). The predicted molar refractivity (Wildman–Crippen MR) is 67.2 cm³/mol.